The fraction of sp³-hybridized carbons (Fsp3) is 0.455. The minimum atomic E-state index is -0.271. The molecule has 0 aliphatic heterocycles. The molecule has 1 aliphatic rings. The Balaban J connectivity index is 1.70. The Morgan fingerprint density at radius 2 is 1.97 bits per heavy atom. The van der Waals surface area contributed by atoms with Crippen LogP contribution >= 0.6 is 0 Å². The molecule has 0 bridgehead atoms. The number of fused-ring (bicyclic) bond motifs is 1. The van der Waals surface area contributed by atoms with Gasteiger partial charge in [0.2, 0.25) is 0 Å². The molecule has 156 valence electrons. The first kappa shape index (κ1) is 20.8. The molecule has 0 atom stereocenters. The normalized spacial score (nSPS) is 16.4. The van der Waals surface area contributed by atoms with Crippen molar-refractivity contribution in [2.75, 3.05) is 20.8 Å². The summed E-state index contributed by atoms with van der Waals surface area (Å²) in [5, 5.41) is 15.8. The van der Waals surface area contributed by atoms with Crippen LogP contribution in [0.5, 0.6) is 11.5 Å². The second kappa shape index (κ2) is 8.19. The van der Waals surface area contributed by atoms with Crippen LogP contribution in [0.25, 0.3) is 0 Å². The number of carbonyl (C=O) groups excluding carboxylic acids is 1. The number of ether oxygens (including phenoxy) is 2. The molecule has 0 saturated heterocycles. The zero-order valence-electron chi connectivity index (χ0n) is 17.6. The van der Waals surface area contributed by atoms with E-state index in [-0.39, 0.29) is 17.1 Å². The Labute approximate surface area is 170 Å². The minimum Gasteiger partial charge on any atom is -0.493 e. The molecular formula is C22H28N2O5. The Bertz CT molecular complexity index is 943. The number of furan rings is 1. The van der Waals surface area contributed by atoms with E-state index in [1.807, 2.05) is 25.1 Å². The lowest BCUT2D eigenvalue weighted by molar-refractivity contribution is 0.0922. The molecule has 2 N–H and O–H groups in total. The van der Waals surface area contributed by atoms with Gasteiger partial charge in [0, 0.05) is 24.1 Å². The number of amides is 1. The summed E-state index contributed by atoms with van der Waals surface area (Å²) >= 11 is 0. The molecule has 2 aromatic rings. The van der Waals surface area contributed by atoms with Gasteiger partial charge in [-0.15, -0.1) is 0 Å². The van der Waals surface area contributed by atoms with E-state index in [9.17, 15) is 10.0 Å². The number of oxime groups is 1. The number of nitrogens with zero attached hydrogens (tertiary/aromatic N) is 1. The highest BCUT2D eigenvalue weighted by Crippen LogP contribution is 2.38. The molecule has 7 heteroatoms. The van der Waals surface area contributed by atoms with Gasteiger partial charge in [0.25, 0.3) is 5.91 Å². The number of rotatable bonds is 6. The smallest absolute Gasteiger partial charge is 0.287 e. The Morgan fingerprint density at radius 1 is 1.24 bits per heavy atom. The lowest BCUT2D eigenvalue weighted by Crippen LogP contribution is -2.27. The maximum absolute atomic E-state index is 12.7. The van der Waals surface area contributed by atoms with Gasteiger partial charge in [0.15, 0.2) is 17.3 Å². The Kier molecular flexibility index (Phi) is 5.86. The second-order valence-corrected chi connectivity index (χ2v) is 8.11. The fourth-order valence-electron chi connectivity index (χ4n) is 3.85. The lowest BCUT2D eigenvalue weighted by Gasteiger charge is -2.28. The Morgan fingerprint density at radius 3 is 2.62 bits per heavy atom. The average Bonchev–Trinajstić information content (AvgIpc) is 3.02. The van der Waals surface area contributed by atoms with Crippen LogP contribution in [0.4, 0.5) is 0 Å². The van der Waals surface area contributed by atoms with E-state index in [0.717, 1.165) is 11.1 Å². The van der Waals surface area contributed by atoms with Crippen molar-refractivity contribution in [1.82, 2.24) is 5.32 Å². The van der Waals surface area contributed by atoms with Crippen LogP contribution in [-0.4, -0.2) is 37.6 Å². The highest BCUT2D eigenvalue weighted by Gasteiger charge is 2.36. The summed E-state index contributed by atoms with van der Waals surface area (Å²) in [5.74, 6) is 2.04. The SMILES string of the molecule is COc1ccc(CCNC(=O)c2oc3c(c2C)/C(=N\O)CC(C)(C)C3)cc1OC. The van der Waals surface area contributed by atoms with Crippen molar-refractivity contribution in [1.29, 1.82) is 0 Å². The molecule has 0 fully saturated rings. The standard InChI is InChI=1S/C22H28N2O5/c1-13-19-15(24-26)11-22(2,3)12-18(19)29-20(13)21(25)23-9-8-14-6-7-16(27-4)17(10-14)28-5/h6-7,10,26H,8-9,11-12H2,1-5H3,(H,23,25)/b24-15-. The molecule has 1 amide bonds. The van der Waals surface area contributed by atoms with Crippen LogP contribution in [0.2, 0.25) is 0 Å². The number of carbonyl (C=O) groups is 1. The van der Waals surface area contributed by atoms with Crippen molar-refractivity contribution in [2.24, 2.45) is 10.6 Å². The summed E-state index contributed by atoms with van der Waals surface area (Å²) in [4.78, 5) is 12.7. The lowest BCUT2D eigenvalue weighted by atomic mass is 9.75. The summed E-state index contributed by atoms with van der Waals surface area (Å²) in [6.45, 7) is 6.45. The van der Waals surface area contributed by atoms with Crippen molar-refractivity contribution >= 4 is 11.6 Å². The first-order valence-corrected chi connectivity index (χ1v) is 9.62. The third-order valence-corrected chi connectivity index (χ3v) is 5.27. The first-order valence-electron chi connectivity index (χ1n) is 9.62. The molecule has 0 spiro atoms. The van der Waals surface area contributed by atoms with Crippen LogP contribution in [0.3, 0.4) is 0 Å². The molecular weight excluding hydrogens is 372 g/mol. The molecule has 0 radical (unpaired) electrons. The second-order valence-electron chi connectivity index (χ2n) is 8.11. The zero-order chi connectivity index (χ0) is 21.2. The van der Waals surface area contributed by atoms with Crippen molar-refractivity contribution in [3.05, 3.63) is 46.4 Å². The van der Waals surface area contributed by atoms with E-state index >= 15 is 0 Å². The minimum absolute atomic E-state index is 0.0833. The maximum Gasteiger partial charge on any atom is 0.287 e. The first-order chi connectivity index (χ1) is 13.8. The van der Waals surface area contributed by atoms with Gasteiger partial charge < -0.3 is 24.4 Å². The van der Waals surface area contributed by atoms with E-state index in [4.69, 9.17) is 13.9 Å². The number of hydrogen-bond acceptors (Lipinski definition) is 6. The van der Waals surface area contributed by atoms with Gasteiger partial charge in [-0.05, 0) is 42.9 Å². The van der Waals surface area contributed by atoms with Gasteiger partial charge in [0.1, 0.15) is 5.76 Å². The highest BCUT2D eigenvalue weighted by molar-refractivity contribution is 6.06. The van der Waals surface area contributed by atoms with Crippen LogP contribution in [0.15, 0.2) is 27.8 Å². The van der Waals surface area contributed by atoms with E-state index in [0.29, 0.717) is 54.3 Å². The molecule has 1 aromatic heterocycles. The Hall–Kier alpha value is -2.96. The number of methoxy groups -OCH3 is 2. The summed E-state index contributed by atoms with van der Waals surface area (Å²) in [6.07, 6.45) is 1.97. The van der Waals surface area contributed by atoms with E-state index in [2.05, 4.69) is 24.3 Å². The van der Waals surface area contributed by atoms with Gasteiger partial charge in [-0.2, -0.15) is 0 Å². The quantitative estimate of drug-likeness (QED) is 0.569. The molecule has 29 heavy (non-hydrogen) atoms. The van der Waals surface area contributed by atoms with Gasteiger partial charge in [-0.1, -0.05) is 25.1 Å². The summed E-state index contributed by atoms with van der Waals surface area (Å²) in [7, 11) is 3.19. The van der Waals surface area contributed by atoms with Crippen LogP contribution in [0, 0.1) is 12.3 Å². The van der Waals surface area contributed by atoms with E-state index in [1.165, 1.54) is 0 Å². The number of benzene rings is 1. The zero-order valence-corrected chi connectivity index (χ0v) is 17.6. The molecule has 7 nitrogen and oxygen atoms in total. The molecule has 1 heterocycles. The fourth-order valence-corrected chi connectivity index (χ4v) is 3.85. The van der Waals surface area contributed by atoms with Crippen LogP contribution in [0.1, 0.15) is 53.3 Å². The monoisotopic (exact) mass is 400 g/mol. The number of hydrogen-bond donors (Lipinski definition) is 2. The predicted molar refractivity (Wildman–Crippen MR) is 109 cm³/mol. The maximum atomic E-state index is 12.7. The third-order valence-electron chi connectivity index (χ3n) is 5.27. The average molecular weight is 400 g/mol. The molecule has 1 aromatic carbocycles. The van der Waals surface area contributed by atoms with Crippen LogP contribution in [-0.2, 0) is 12.8 Å². The van der Waals surface area contributed by atoms with Crippen molar-refractivity contribution < 1.29 is 23.9 Å². The number of nitrogens with one attached hydrogen (secondary N) is 1. The van der Waals surface area contributed by atoms with Crippen molar-refractivity contribution in [3.8, 4) is 11.5 Å². The van der Waals surface area contributed by atoms with E-state index < -0.39 is 0 Å². The van der Waals surface area contributed by atoms with E-state index in [1.54, 1.807) is 14.2 Å². The topological polar surface area (TPSA) is 93.3 Å². The van der Waals surface area contributed by atoms with Crippen molar-refractivity contribution in [2.45, 2.75) is 40.0 Å². The highest BCUT2D eigenvalue weighted by atomic mass is 16.5. The summed E-state index contributed by atoms with van der Waals surface area (Å²) in [6, 6.07) is 5.68. The van der Waals surface area contributed by atoms with Crippen molar-refractivity contribution in [3.63, 3.8) is 0 Å². The predicted octanol–water partition coefficient (Wildman–Crippen LogP) is 3.73. The van der Waals surface area contributed by atoms with Gasteiger partial charge in [-0.25, -0.2) is 0 Å². The van der Waals surface area contributed by atoms with Crippen LogP contribution < -0.4 is 14.8 Å². The van der Waals surface area contributed by atoms with Gasteiger partial charge in [0.05, 0.1) is 19.9 Å². The van der Waals surface area contributed by atoms with Gasteiger partial charge >= 0.3 is 0 Å². The largest absolute Gasteiger partial charge is 0.493 e. The molecule has 1 aliphatic carbocycles. The third kappa shape index (κ3) is 4.23. The molecule has 0 saturated carbocycles. The molecule has 3 rings (SSSR count). The summed E-state index contributed by atoms with van der Waals surface area (Å²) < 4.78 is 16.5. The molecule has 0 unspecified atom stereocenters. The van der Waals surface area contributed by atoms with Gasteiger partial charge in [-0.3, -0.25) is 4.79 Å². The summed E-state index contributed by atoms with van der Waals surface area (Å²) in [5.41, 5.74) is 2.99.